The topological polar surface area (TPSA) is 0 Å². The molecule has 0 heterocycles. The summed E-state index contributed by atoms with van der Waals surface area (Å²) in [5, 5.41) is 0. The van der Waals surface area contributed by atoms with Crippen LogP contribution >= 0.6 is 0 Å². The van der Waals surface area contributed by atoms with Crippen molar-refractivity contribution >= 4 is 7.28 Å². The zero-order chi connectivity index (χ0) is 14.8. The maximum atomic E-state index is 2.44. The largest absolute Gasteiger partial charge is 0.106 e. The van der Waals surface area contributed by atoms with E-state index in [4.69, 9.17) is 0 Å². The molecule has 107 valence electrons. The van der Waals surface area contributed by atoms with E-state index in [2.05, 4.69) is 76.4 Å². The van der Waals surface area contributed by atoms with Gasteiger partial charge in [-0.15, -0.1) is 0 Å². The second-order valence-corrected chi connectivity index (χ2v) is 9.01. The van der Waals surface area contributed by atoms with Gasteiger partial charge in [-0.25, -0.2) is 0 Å². The minimum absolute atomic E-state index is 0.379. The first-order valence-electron chi connectivity index (χ1n) is 7.55. The molecule has 1 heteroatoms. The van der Waals surface area contributed by atoms with E-state index in [9.17, 15) is 0 Å². The van der Waals surface area contributed by atoms with Crippen LogP contribution in [0.2, 0.25) is 13.1 Å². The Morgan fingerprint density at radius 3 is 1.33 bits per heavy atom. The van der Waals surface area contributed by atoms with Crippen molar-refractivity contribution in [1.29, 1.82) is 0 Å². The van der Waals surface area contributed by atoms with Crippen LogP contribution in [0, 0.1) is 21.7 Å². The van der Waals surface area contributed by atoms with Crippen molar-refractivity contribution in [1.82, 2.24) is 0 Å². The summed E-state index contributed by atoms with van der Waals surface area (Å²) in [4.78, 5) is 0. The molecule has 0 aliphatic heterocycles. The molecule has 0 unspecified atom stereocenters. The molecule has 0 saturated carbocycles. The van der Waals surface area contributed by atoms with Gasteiger partial charge in [0.1, 0.15) is 7.28 Å². The highest BCUT2D eigenvalue weighted by Gasteiger charge is 2.39. The molecular weight excluding hydrogens is 215 g/mol. The fourth-order valence-electron chi connectivity index (χ4n) is 2.12. The highest BCUT2D eigenvalue weighted by Crippen LogP contribution is 2.49. The first kappa shape index (κ1) is 18.1. The summed E-state index contributed by atoms with van der Waals surface area (Å²) in [5.74, 6) is 0. The Bertz CT molecular complexity index is 253. The first-order valence-corrected chi connectivity index (χ1v) is 7.55. The smallest absolute Gasteiger partial charge is 0.0920 e. The average Bonchev–Trinajstić information content (AvgIpc) is 2.13. The van der Waals surface area contributed by atoms with Crippen LogP contribution in [0.25, 0.3) is 0 Å². The lowest BCUT2D eigenvalue weighted by atomic mass is 9.54. The molecule has 0 saturated heterocycles. The molecule has 0 spiro atoms. The van der Waals surface area contributed by atoms with E-state index in [1.165, 1.54) is 19.2 Å². The van der Waals surface area contributed by atoms with Gasteiger partial charge in [-0.05, 0) is 34.5 Å². The minimum atomic E-state index is 0.379. The van der Waals surface area contributed by atoms with Crippen molar-refractivity contribution in [3.05, 3.63) is 0 Å². The van der Waals surface area contributed by atoms with Gasteiger partial charge in [0, 0.05) is 0 Å². The summed E-state index contributed by atoms with van der Waals surface area (Å²) in [6, 6.07) is 0. The summed E-state index contributed by atoms with van der Waals surface area (Å²) in [5.41, 5.74) is 1.55. The maximum absolute atomic E-state index is 2.44. The van der Waals surface area contributed by atoms with Crippen LogP contribution in [-0.2, 0) is 0 Å². The van der Waals surface area contributed by atoms with Crippen molar-refractivity contribution in [2.75, 3.05) is 0 Å². The molecule has 0 aromatic heterocycles. The van der Waals surface area contributed by atoms with Crippen LogP contribution in [0.1, 0.15) is 75.2 Å². The van der Waals surface area contributed by atoms with Gasteiger partial charge in [0.15, 0.2) is 0 Å². The number of hydrogen-bond donors (Lipinski definition) is 0. The molecule has 1 radical (unpaired) electrons. The molecule has 0 aromatic carbocycles. The highest BCUT2D eigenvalue weighted by molar-refractivity contribution is 6.33. The number of hydrogen-bond acceptors (Lipinski definition) is 0. The number of rotatable bonds is 6. The molecular formula is C17H36B. The van der Waals surface area contributed by atoms with Crippen LogP contribution in [0.3, 0.4) is 0 Å². The second kappa shape index (κ2) is 5.59. The van der Waals surface area contributed by atoms with E-state index in [-0.39, 0.29) is 0 Å². The molecule has 0 atom stereocenters. The Morgan fingerprint density at radius 2 is 1.00 bits per heavy atom. The normalized spacial score (nSPS) is 14.8. The standard InChI is InChI=1S/C17H36B/c1-14(2,3)15(4,5)11-12-16(6,7)17(8,9)13-18-10/h11-13H2,1-10H3. The molecule has 0 N–H and O–H groups in total. The van der Waals surface area contributed by atoms with Crippen molar-refractivity contribution < 1.29 is 0 Å². The zero-order valence-electron chi connectivity index (χ0n) is 14.7. The monoisotopic (exact) mass is 251 g/mol. The Morgan fingerprint density at radius 1 is 0.611 bits per heavy atom. The summed E-state index contributed by atoms with van der Waals surface area (Å²) in [6.45, 7) is 23.8. The van der Waals surface area contributed by atoms with E-state index in [1.807, 2.05) is 0 Å². The van der Waals surface area contributed by atoms with Gasteiger partial charge in [0.2, 0.25) is 0 Å². The quantitative estimate of drug-likeness (QED) is 0.503. The van der Waals surface area contributed by atoms with Crippen LogP contribution in [0.5, 0.6) is 0 Å². The van der Waals surface area contributed by atoms with Crippen LogP contribution in [-0.4, -0.2) is 7.28 Å². The van der Waals surface area contributed by atoms with Gasteiger partial charge >= 0.3 is 0 Å². The van der Waals surface area contributed by atoms with Gasteiger partial charge < -0.3 is 0 Å². The second-order valence-electron chi connectivity index (χ2n) is 9.01. The van der Waals surface area contributed by atoms with Crippen molar-refractivity contribution in [2.24, 2.45) is 21.7 Å². The zero-order valence-corrected chi connectivity index (χ0v) is 14.7. The third kappa shape index (κ3) is 4.32. The van der Waals surface area contributed by atoms with Crippen molar-refractivity contribution in [3.8, 4) is 0 Å². The van der Waals surface area contributed by atoms with Crippen LogP contribution in [0.15, 0.2) is 0 Å². The SMILES string of the molecule is C[B]CC(C)(C)C(C)(C)CCC(C)(C)C(C)(C)C. The van der Waals surface area contributed by atoms with E-state index in [1.54, 1.807) is 0 Å². The average molecular weight is 251 g/mol. The molecule has 0 amide bonds. The van der Waals surface area contributed by atoms with Gasteiger partial charge in [-0.2, -0.15) is 0 Å². The molecule has 0 aromatic rings. The van der Waals surface area contributed by atoms with Crippen LogP contribution < -0.4 is 0 Å². The van der Waals surface area contributed by atoms with Gasteiger partial charge in [0.05, 0.1) is 0 Å². The lowest BCUT2D eigenvalue weighted by Crippen LogP contribution is -2.36. The predicted octanol–water partition coefficient (Wildman–Crippen LogP) is 6.06. The molecule has 0 aliphatic rings. The van der Waals surface area contributed by atoms with Gasteiger partial charge in [0.25, 0.3) is 0 Å². The first-order chi connectivity index (χ1) is 7.77. The molecule has 0 fully saturated rings. The Labute approximate surface area is 118 Å². The fourth-order valence-corrected chi connectivity index (χ4v) is 2.12. The van der Waals surface area contributed by atoms with Crippen LogP contribution in [0.4, 0.5) is 0 Å². The van der Waals surface area contributed by atoms with E-state index in [0.29, 0.717) is 21.7 Å². The molecule has 0 rings (SSSR count). The summed E-state index contributed by atoms with van der Waals surface area (Å²) < 4.78 is 0. The lowest BCUT2D eigenvalue weighted by molar-refractivity contribution is 0.0574. The maximum Gasteiger partial charge on any atom is 0.106 e. The lowest BCUT2D eigenvalue weighted by Gasteiger charge is -2.46. The Balaban J connectivity index is 4.72. The summed E-state index contributed by atoms with van der Waals surface area (Å²) >= 11 is 0. The molecule has 0 nitrogen and oxygen atoms in total. The molecule has 18 heavy (non-hydrogen) atoms. The highest BCUT2D eigenvalue weighted by atomic mass is 14.4. The van der Waals surface area contributed by atoms with Gasteiger partial charge in [-0.3, -0.25) is 0 Å². The summed E-state index contributed by atoms with van der Waals surface area (Å²) in [6.07, 6.45) is 3.81. The van der Waals surface area contributed by atoms with E-state index >= 15 is 0 Å². The van der Waals surface area contributed by atoms with E-state index in [0.717, 1.165) is 0 Å². The minimum Gasteiger partial charge on any atom is -0.0920 e. The van der Waals surface area contributed by atoms with Crippen molar-refractivity contribution in [3.63, 3.8) is 0 Å². The van der Waals surface area contributed by atoms with Gasteiger partial charge in [-0.1, -0.05) is 75.5 Å². The fraction of sp³-hybridized carbons (Fsp3) is 1.00. The molecule has 0 bridgehead atoms. The predicted molar refractivity (Wildman–Crippen MR) is 86.5 cm³/mol. The third-order valence-corrected chi connectivity index (χ3v) is 5.95. The Hall–Kier alpha value is 0.0649. The van der Waals surface area contributed by atoms with E-state index < -0.39 is 0 Å². The van der Waals surface area contributed by atoms with Crippen molar-refractivity contribution in [2.45, 2.75) is 88.3 Å². The summed E-state index contributed by atoms with van der Waals surface area (Å²) in [7, 11) is 2.32. The Kier molecular flexibility index (Phi) is 5.61. The molecule has 0 aliphatic carbocycles. The third-order valence-electron chi connectivity index (χ3n) is 5.95.